The number of benzene rings is 4. The minimum atomic E-state index is -0.881. The number of fused-ring (bicyclic) bond motifs is 2. The van der Waals surface area contributed by atoms with Gasteiger partial charge in [0.1, 0.15) is 6.54 Å². The maximum atomic E-state index is 12.6. The topological polar surface area (TPSA) is 85.6 Å². The van der Waals surface area contributed by atoms with Crippen molar-refractivity contribution >= 4 is 57.8 Å². The standard InChI is InChI=1S/C18H17ClN2O2.C16H13ClN2O.2CH4/c1-11(22)16-18(23)21(2)15-9-8-13(19)10-14(15)17(20-16)12-6-4-3-5-7-12;1-19-14-8-7-12(17)9-13(14)16(18-10-15(19)20)11-5-3-2-4-6-11;;/h3-11,16,22H,1-2H3;2-9H,10H2,1H3;2*1H4. The average molecular weight is 646 g/mol. The zero-order chi connectivity index (χ0) is 30.7. The van der Waals surface area contributed by atoms with Gasteiger partial charge in [-0.1, -0.05) is 98.7 Å². The lowest BCUT2D eigenvalue weighted by Gasteiger charge is -2.21. The lowest BCUT2D eigenvalue weighted by atomic mass is 10.0. The smallest absolute Gasteiger partial charge is 0.254 e. The van der Waals surface area contributed by atoms with Gasteiger partial charge in [-0.2, -0.15) is 0 Å². The van der Waals surface area contributed by atoms with Gasteiger partial charge in [-0.15, -0.1) is 0 Å². The van der Waals surface area contributed by atoms with Gasteiger partial charge in [0.2, 0.25) is 5.91 Å². The summed E-state index contributed by atoms with van der Waals surface area (Å²) in [5, 5.41) is 11.2. The molecule has 0 aliphatic carbocycles. The number of benzodiazepines with no additional fused rings is 2. The van der Waals surface area contributed by atoms with E-state index in [2.05, 4.69) is 9.98 Å². The SMILES string of the molecule is C.C.CC(O)C1N=C(c2ccccc2)c2cc(Cl)ccc2N(C)C1=O.CN1C(=O)CN=C(c2ccccc2)c2cc(Cl)ccc21. The second-order valence-electron chi connectivity index (χ2n) is 10.2. The largest absolute Gasteiger partial charge is 0.391 e. The Bertz CT molecular complexity index is 1720. The fourth-order valence-electron chi connectivity index (χ4n) is 5.02. The zero-order valence-corrected chi connectivity index (χ0v) is 25.4. The number of aliphatic hydroxyl groups excluding tert-OH is 1. The molecule has 0 spiro atoms. The molecule has 4 aromatic carbocycles. The molecule has 7 nitrogen and oxygen atoms in total. The predicted octanol–water partition coefficient (Wildman–Crippen LogP) is 7.33. The van der Waals surface area contributed by atoms with Gasteiger partial charge in [0.25, 0.3) is 5.91 Å². The summed E-state index contributed by atoms with van der Waals surface area (Å²) < 4.78 is 0. The summed E-state index contributed by atoms with van der Waals surface area (Å²) >= 11 is 12.3. The quantitative estimate of drug-likeness (QED) is 0.253. The van der Waals surface area contributed by atoms with Crippen molar-refractivity contribution in [1.82, 2.24) is 0 Å². The van der Waals surface area contributed by atoms with Gasteiger partial charge in [0, 0.05) is 46.4 Å². The van der Waals surface area contributed by atoms with Gasteiger partial charge in [-0.25, -0.2) is 0 Å². The van der Waals surface area contributed by atoms with E-state index in [-0.39, 0.29) is 33.2 Å². The van der Waals surface area contributed by atoms with Gasteiger partial charge >= 0.3 is 0 Å². The summed E-state index contributed by atoms with van der Waals surface area (Å²) in [5.41, 5.74) is 6.56. The molecular formula is C36H38Cl2N4O3. The second-order valence-corrected chi connectivity index (χ2v) is 11.1. The van der Waals surface area contributed by atoms with Crippen LogP contribution in [0.5, 0.6) is 0 Å². The fraction of sp³-hybridized carbons (Fsp3) is 0.222. The third-order valence-electron chi connectivity index (χ3n) is 7.30. The van der Waals surface area contributed by atoms with Crippen LogP contribution in [0.4, 0.5) is 11.4 Å². The highest BCUT2D eigenvalue weighted by molar-refractivity contribution is 6.32. The molecule has 2 atom stereocenters. The van der Waals surface area contributed by atoms with Crippen LogP contribution in [0.1, 0.15) is 44.0 Å². The Hall–Kier alpha value is -4.30. The fourth-order valence-corrected chi connectivity index (χ4v) is 5.36. The minimum Gasteiger partial charge on any atom is -0.391 e. The monoisotopic (exact) mass is 644 g/mol. The number of hydrogen-bond donors (Lipinski definition) is 1. The molecule has 234 valence electrons. The van der Waals surface area contributed by atoms with E-state index in [4.69, 9.17) is 23.2 Å². The average Bonchev–Trinajstić information content (AvgIpc) is 3.20. The number of rotatable bonds is 3. The number of carbonyl (C=O) groups excluding carboxylic acids is 2. The molecule has 2 aliphatic heterocycles. The van der Waals surface area contributed by atoms with Crippen LogP contribution in [0, 0.1) is 0 Å². The number of hydrogen-bond acceptors (Lipinski definition) is 5. The first-order chi connectivity index (χ1) is 20.7. The lowest BCUT2D eigenvalue weighted by molar-refractivity contribution is -0.121. The molecule has 0 fully saturated rings. The van der Waals surface area contributed by atoms with E-state index < -0.39 is 12.1 Å². The van der Waals surface area contributed by atoms with Crippen LogP contribution in [-0.4, -0.2) is 61.1 Å². The maximum Gasteiger partial charge on any atom is 0.254 e. The van der Waals surface area contributed by atoms with Gasteiger partial charge in [0.05, 0.1) is 28.9 Å². The Morgan fingerprint density at radius 3 is 1.71 bits per heavy atom. The number of nitrogens with zero attached hydrogens (tertiary/aromatic N) is 4. The third kappa shape index (κ3) is 7.51. The van der Waals surface area contributed by atoms with E-state index in [9.17, 15) is 14.7 Å². The molecule has 2 amide bonds. The first kappa shape index (κ1) is 35.2. The van der Waals surface area contributed by atoms with E-state index >= 15 is 0 Å². The van der Waals surface area contributed by atoms with Gasteiger partial charge in [-0.05, 0) is 43.3 Å². The molecule has 45 heavy (non-hydrogen) atoms. The van der Waals surface area contributed by atoms with Crippen molar-refractivity contribution < 1.29 is 14.7 Å². The Morgan fingerprint density at radius 1 is 0.733 bits per heavy atom. The van der Waals surface area contributed by atoms with Gasteiger partial charge in [-0.3, -0.25) is 19.6 Å². The summed E-state index contributed by atoms with van der Waals surface area (Å²) in [5.74, 6) is -0.269. The van der Waals surface area contributed by atoms with E-state index in [1.54, 1.807) is 50.2 Å². The van der Waals surface area contributed by atoms with Crippen molar-refractivity contribution in [2.24, 2.45) is 9.98 Å². The van der Waals surface area contributed by atoms with E-state index in [0.29, 0.717) is 15.8 Å². The first-order valence-electron chi connectivity index (χ1n) is 13.7. The summed E-state index contributed by atoms with van der Waals surface area (Å²) in [7, 11) is 3.45. The number of carbonyl (C=O) groups is 2. The van der Waals surface area contributed by atoms with Crippen molar-refractivity contribution in [3.05, 3.63) is 129 Å². The van der Waals surface area contributed by atoms with Gasteiger partial charge < -0.3 is 14.9 Å². The van der Waals surface area contributed by atoms with Gasteiger partial charge in [0.15, 0.2) is 6.04 Å². The Labute approximate surface area is 275 Å². The van der Waals surface area contributed by atoms with Crippen LogP contribution < -0.4 is 9.80 Å². The molecule has 2 unspecified atom stereocenters. The van der Waals surface area contributed by atoms with Crippen LogP contribution in [0.15, 0.2) is 107 Å². The van der Waals surface area contributed by atoms with Crippen LogP contribution >= 0.6 is 23.2 Å². The highest BCUT2D eigenvalue weighted by Gasteiger charge is 2.32. The normalized spacial score (nSPS) is 16.2. The zero-order valence-electron chi connectivity index (χ0n) is 23.9. The number of anilines is 2. The third-order valence-corrected chi connectivity index (χ3v) is 7.77. The van der Waals surface area contributed by atoms with Crippen molar-refractivity contribution in [3.8, 4) is 0 Å². The maximum absolute atomic E-state index is 12.6. The van der Waals surface area contributed by atoms with Crippen LogP contribution in [0.3, 0.4) is 0 Å². The highest BCUT2D eigenvalue weighted by Crippen LogP contribution is 2.31. The number of likely N-dealkylation sites (N-methyl/N-ethyl adjacent to an activating group) is 2. The lowest BCUT2D eigenvalue weighted by Crippen LogP contribution is -2.40. The minimum absolute atomic E-state index is 0. The van der Waals surface area contributed by atoms with E-state index in [0.717, 1.165) is 39.3 Å². The van der Waals surface area contributed by atoms with E-state index in [1.165, 1.54) is 4.90 Å². The molecule has 1 N–H and O–H groups in total. The van der Waals surface area contributed by atoms with Crippen LogP contribution in [-0.2, 0) is 9.59 Å². The van der Waals surface area contributed by atoms with Crippen molar-refractivity contribution in [1.29, 1.82) is 0 Å². The number of aliphatic imine (C=N–C) groups is 2. The van der Waals surface area contributed by atoms with Crippen molar-refractivity contribution in [2.45, 2.75) is 33.9 Å². The molecule has 6 rings (SSSR count). The second kappa shape index (κ2) is 15.1. The van der Waals surface area contributed by atoms with Crippen molar-refractivity contribution in [2.75, 3.05) is 30.4 Å². The van der Waals surface area contributed by atoms with E-state index in [1.807, 2.05) is 72.8 Å². The number of aliphatic hydroxyl groups is 1. The molecule has 9 heteroatoms. The highest BCUT2D eigenvalue weighted by atomic mass is 35.5. The Kier molecular flexibility index (Phi) is 11.8. The predicted molar refractivity (Wildman–Crippen MR) is 188 cm³/mol. The molecule has 0 aromatic heterocycles. The molecule has 0 radical (unpaired) electrons. The first-order valence-corrected chi connectivity index (χ1v) is 14.5. The molecule has 4 aromatic rings. The summed E-state index contributed by atoms with van der Waals surface area (Å²) in [6.45, 7) is 1.72. The van der Waals surface area contributed by atoms with Crippen molar-refractivity contribution in [3.63, 3.8) is 0 Å². The Balaban J connectivity index is 0.000000237. The van der Waals surface area contributed by atoms with Crippen LogP contribution in [0.25, 0.3) is 0 Å². The van der Waals surface area contributed by atoms with Crippen LogP contribution in [0.2, 0.25) is 10.0 Å². The molecule has 0 saturated heterocycles. The summed E-state index contributed by atoms with van der Waals surface area (Å²) in [4.78, 5) is 36.9. The summed E-state index contributed by atoms with van der Waals surface area (Å²) in [6.07, 6.45) is -0.881. The molecule has 0 saturated carbocycles. The summed E-state index contributed by atoms with van der Waals surface area (Å²) in [6, 6.07) is 29.5. The molecule has 0 bridgehead atoms. The molecule has 2 heterocycles. The molecule has 2 aliphatic rings. The Morgan fingerprint density at radius 2 is 1.20 bits per heavy atom. The molecular weight excluding hydrogens is 607 g/mol. The number of amides is 2. The number of halogens is 2.